The highest BCUT2D eigenvalue weighted by molar-refractivity contribution is 5.30. The van der Waals surface area contributed by atoms with Gasteiger partial charge in [-0.3, -0.25) is 0 Å². The Morgan fingerprint density at radius 3 is 2.22 bits per heavy atom. The summed E-state index contributed by atoms with van der Waals surface area (Å²) in [5.41, 5.74) is 5.89. The zero-order chi connectivity index (χ0) is 19.5. The summed E-state index contributed by atoms with van der Waals surface area (Å²) in [4.78, 5) is 0. The summed E-state index contributed by atoms with van der Waals surface area (Å²) in [5.74, 6) is 1.66. The van der Waals surface area contributed by atoms with Gasteiger partial charge in [0.2, 0.25) is 0 Å². The van der Waals surface area contributed by atoms with Crippen LogP contribution in [0.5, 0.6) is 0 Å². The van der Waals surface area contributed by atoms with Crippen molar-refractivity contribution in [1.82, 2.24) is 0 Å². The third-order valence-electron chi connectivity index (χ3n) is 5.94. The van der Waals surface area contributed by atoms with Crippen LogP contribution in [-0.2, 0) is 12.8 Å². The molecule has 0 heteroatoms. The fraction of sp³-hybridized carbons (Fsp3) is 0.556. The van der Waals surface area contributed by atoms with Crippen LogP contribution in [0, 0.1) is 25.7 Å². The van der Waals surface area contributed by atoms with E-state index in [0.717, 1.165) is 11.8 Å². The predicted molar refractivity (Wildman–Crippen MR) is 120 cm³/mol. The molecule has 0 bridgehead atoms. The number of hydrogen-bond donors (Lipinski definition) is 0. The van der Waals surface area contributed by atoms with Crippen LogP contribution in [-0.4, -0.2) is 0 Å². The molecule has 0 saturated carbocycles. The zero-order valence-electron chi connectivity index (χ0n) is 18.1. The second-order valence-corrected chi connectivity index (χ2v) is 8.72. The summed E-state index contributed by atoms with van der Waals surface area (Å²) in [6.07, 6.45) is 12.1. The maximum Gasteiger partial charge on any atom is -0.0250 e. The van der Waals surface area contributed by atoms with Crippen LogP contribution in [0.1, 0.15) is 81.0 Å². The molecule has 0 aromatic heterocycles. The predicted octanol–water partition coefficient (Wildman–Crippen LogP) is 8.09. The number of hydrogen-bond acceptors (Lipinski definition) is 0. The van der Waals surface area contributed by atoms with Crippen molar-refractivity contribution in [2.75, 3.05) is 0 Å². The molecule has 0 aliphatic rings. The fourth-order valence-electron chi connectivity index (χ4n) is 4.36. The minimum Gasteiger partial charge on any atom is -0.0654 e. The van der Waals surface area contributed by atoms with E-state index in [4.69, 9.17) is 0 Å². The van der Waals surface area contributed by atoms with Gasteiger partial charge in [0, 0.05) is 0 Å². The van der Waals surface area contributed by atoms with Crippen LogP contribution in [0.3, 0.4) is 0 Å². The van der Waals surface area contributed by atoms with Gasteiger partial charge >= 0.3 is 0 Å². The van der Waals surface area contributed by atoms with Crippen molar-refractivity contribution in [3.05, 3.63) is 70.8 Å². The van der Waals surface area contributed by atoms with Crippen molar-refractivity contribution in [2.24, 2.45) is 11.8 Å². The van der Waals surface area contributed by atoms with E-state index in [1.54, 1.807) is 5.56 Å². The Morgan fingerprint density at radius 2 is 1.52 bits per heavy atom. The normalized spacial score (nSPS) is 13.5. The van der Waals surface area contributed by atoms with Gasteiger partial charge in [-0.15, -0.1) is 0 Å². The lowest BCUT2D eigenvalue weighted by Crippen LogP contribution is -2.05. The molecule has 2 unspecified atom stereocenters. The molecule has 0 spiro atoms. The smallest absolute Gasteiger partial charge is 0.0250 e. The molecule has 0 amide bonds. The van der Waals surface area contributed by atoms with Crippen molar-refractivity contribution in [3.8, 4) is 0 Å². The molecule has 0 N–H and O–H groups in total. The van der Waals surface area contributed by atoms with Gasteiger partial charge in [-0.1, -0.05) is 113 Å². The molecule has 0 fully saturated rings. The number of rotatable bonds is 12. The van der Waals surface area contributed by atoms with Gasteiger partial charge in [0.1, 0.15) is 0 Å². The second kappa shape index (κ2) is 12.0. The molecule has 0 nitrogen and oxygen atoms in total. The minimum absolute atomic E-state index is 0.794. The van der Waals surface area contributed by atoms with Gasteiger partial charge < -0.3 is 0 Å². The lowest BCUT2D eigenvalue weighted by Gasteiger charge is -2.17. The molecular formula is C27H40. The molecule has 27 heavy (non-hydrogen) atoms. The Labute approximate surface area is 168 Å². The van der Waals surface area contributed by atoms with Crippen LogP contribution >= 0.6 is 0 Å². The summed E-state index contributed by atoms with van der Waals surface area (Å²) in [7, 11) is 0. The average Bonchev–Trinajstić information content (AvgIpc) is 2.65. The Hall–Kier alpha value is -1.56. The summed E-state index contributed by atoms with van der Waals surface area (Å²) >= 11 is 0. The molecule has 2 atom stereocenters. The molecule has 2 rings (SSSR count). The Bertz CT molecular complexity index is 640. The first kappa shape index (κ1) is 21.7. The van der Waals surface area contributed by atoms with Crippen molar-refractivity contribution in [2.45, 2.75) is 85.5 Å². The molecular weight excluding hydrogens is 324 g/mol. The van der Waals surface area contributed by atoms with Crippen molar-refractivity contribution in [1.29, 1.82) is 0 Å². The number of benzene rings is 2. The molecule has 0 aliphatic heterocycles. The summed E-state index contributed by atoms with van der Waals surface area (Å²) < 4.78 is 0. The monoisotopic (exact) mass is 364 g/mol. The van der Waals surface area contributed by atoms with Gasteiger partial charge in [0.05, 0.1) is 0 Å². The first-order chi connectivity index (χ1) is 13.1. The quantitative estimate of drug-likeness (QED) is 0.334. The van der Waals surface area contributed by atoms with Gasteiger partial charge in [-0.2, -0.15) is 0 Å². The van der Waals surface area contributed by atoms with Crippen LogP contribution in [0.4, 0.5) is 0 Å². The number of aryl methyl sites for hydroxylation is 2. The van der Waals surface area contributed by atoms with E-state index < -0.39 is 0 Å². The van der Waals surface area contributed by atoms with Crippen molar-refractivity contribution in [3.63, 3.8) is 0 Å². The van der Waals surface area contributed by atoms with Crippen LogP contribution in [0.25, 0.3) is 0 Å². The first-order valence-electron chi connectivity index (χ1n) is 11.2. The highest BCUT2D eigenvalue weighted by atomic mass is 14.2. The van der Waals surface area contributed by atoms with Crippen molar-refractivity contribution >= 4 is 0 Å². The van der Waals surface area contributed by atoms with E-state index >= 15 is 0 Å². The van der Waals surface area contributed by atoms with Crippen molar-refractivity contribution < 1.29 is 0 Å². The Kier molecular flexibility index (Phi) is 9.67. The molecule has 0 heterocycles. The maximum absolute atomic E-state index is 2.43. The van der Waals surface area contributed by atoms with Gasteiger partial charge in [0.25, 0.3) is 0 Å². The van der Waals surface area contributed by atoms with E-state index in [1.165, 1.54) is 74.5 Å². The first-order valence-corrected chi connectivity index (χ1v) is 11.2. The molecule has 0 saturated heterocycles. The SMILES string of the molecule is CCCC(CCCCCC(C)Cc1ccc(C)cc1C)Cc1ccccc1. The van der Waals surface area contributed by atoms with E-state index in [0.29, 0.717) is 0 Å². The average molecular weight is 365 g/mol. The highest BCUT2D eigenvalue weighted by Gasteiger charge is 2.10. The maximum atomic E-state index is 2.43. The zero-order valence-corrected chi connectivity index (χ0v) is 18.1. The number of unbranched alkanes of at least 4 members (excludes halogenated alkanes) is 2. The van der Waals surface area contributed by atoms with E-state index in [-0.39, 0.29) is 0 Å². The third kappa shape index (κ3) is 8.33. The second-order valence-electron chi connectivity index (χ2n) is 8.72. The lowest BCUT2D eigenvalue weighted by molar-refractivity contribution is 0.408. The molecule has 2 aromatic carbocycles. The van der Waals surface area contributed by atoms with Gasteiger partial charge in [0.15, 0.2) is 0 Å². The van der Waals surface area contributed by atoms with E-state index in [9.17, 15) is 0 Å². The minimum atomic E-state index is 0.794. The van der Waals surface area contributed by atoms with E-state index in [2.05, 4.69) is 76.2 Å². The fourth-order valence-corrected chi connectivity index (χ4v) is 4.36. The van der Waals surface area contributed by atoms with Crippen LogP contribution in [0.2, 0.25) is 0 Å². The Morgan fingerprint density at radius 1 is 0.778 bits per heavy atom. The summed E-state index contributed by atoms with van der Waals surface area (Å²) in [5, 5.41) is 0. The van der Waals surface area contributed by atoms with Crippen LogP contribution < -0.4 is 0 Å². The molecule has 0 aliphatic carbocycles. The summed E-state index contributed by atoms with van der Waals surface area (Å²) in [6, 6.07) is 18.0. The standard InChI is InChI=1S/C27H40/c1-5-12-25(21-26-15-10-7-11-16-26)14-9-6-8-13-22(2)20-27-18-17-23(3)19-24(27)4/h7,10-11,15-19,22,25H,5-6,8-9,12-14,20-21H2,1-4H3. The molecule has 2 aromatic rings. The third-order valence-corrected chi connectivity index (χ3v) is 5.94. The lowest BCUT2D eigenvalue weighted by atomic mass is 9.89. The molecule has 0 radical (unpaired) electrons. The largest absolute Gasteiger partial charge is 0.0654 e. The highest BCUT2D eigenvalue weighted by Crippen LogP contribution is 2.23. The Balaban J connectivity index is 1.65. The summed E-state index contributed by atoms with van der Waals surface area (Å²) in [6.45, 7) is 9.20. The van der Waals surface area contributed by atoms with Gasteiger partial charge in [-0.05, 0) is 55.2 Å². The van der Waals surface area contributed by atoms with E-state index in [1.807, 2.05) is 0 Å². The topological polar surface area (TPSA) is 0 Å². The molecule has 148 valence electrons. The van der Waals surface area contributed by atoms with Crippen LogP contribution in [0.15, 0.2) is 48.5 Å². The van der Waals surface area contributed by atoms with Gasteiger partial charge in [-0.25, -0.2) is 0 Å².